The Kier molecular flexibility index (Phi) is 6.24. The SMILES string of the molecule is O[C@@H]1CN(CCCn2cccn2)CC[C@H]1N1CCN(c2ccccc2F)CC1. The largest absolute Gasteiger partial charge is 0.390 e. The van der Waals surface area contributed by atoms with Crippen LogP contribution < -0.4 is 4.90 Å². The zero-order valence-corrected chi connectivity index (χ0v) is 16.3. The van der Waals surface area contributed by atoms with E-state index >= 15 is 0 Å². The molecule has 4 rings (SSSR count). The van der Waals surface area contributed by atoms with Crippen molar-refractivity contribution in [3.05, 3.63) is 48.5 Å². The van der Waals surface area contributed by atoms with Crippen LogP contribution in [0.5, 0.6) is 0 Å². The van der Waals surface area contributed by atoms with Crippen molar-refractivity contribution in [3.63, 3.8) is 0 Å². The standard InChI is InChI=1S/C21H30FN5O/c22-18-5-1-2-6-19(18)25-13-15-26(16-14-25)20-7-12-24(17-21(20)28)9-4-11-27-10-3-8-23-27/h1-3,5-6,8,10,20-21,28H,4,7,9,11-17H2/t20-,21-/m1/s1. The van der Waals surface area contributed by atoms with Crippen molar-refractivity contribution in [2.24, 2.45) is 0 Å². The minimum atomic E-state index is -0.321. The number of rotatable bonds is 6. The fourth-order valence-electron chi connectivity index (χ4n) is 4.51. The summed E-state index contributed by atoms with van der Waals surface area (Å²) in [5, 5.41) is 15.0. The van der Waals surface area contributed by atoms with Crippen molar-refractivity contribution in [2.45, 2.75) is 31.5 Å². The second-order valence-corrected chi connectivity index (χ2v) is 7.82. The van der Waals surface area contributed by atoms with Crippen LogP contribution in [0.25, 0.3) is 0 Å². The van der Waals surface area contributed by atoms with Crippen LogP contribution in [0.3, 0.4) is 0 Å². The molecule has 1 aromatic heterocycles. The van der Waals surface area contributed by atoms with E-state index in [1.165, 1.54) is 6.07 Å². The van der Waals surface area contributed by atoms with Gasteiger partial charge >= 0.3 is 0 Å². The third-order valence-electron chi connectivity index (χ3n) is 6.03. The minimum Gasteiger partial charge on any atom is -0.390 e. The second kappa shape index (κ2) is 9.03. The highest BCUT2D eigenvalue weighted by molar-refractivity contribution is 5.48. The smallest absolute Gasteiger partial charge is 0.146 e. The molecular formula is C21H30FN5O. The quantitative estimate of drug-likeness (QED) is 0.817. The summed E-state index contributed by atoms with van der Waals surface area (Å²) in [5.74, 6) is -0.153. The van der Waals surface area contributed by atoms with Gasteiger partial charge in [-0.3, -0.25) is 9.58 Å². The predicted molar refractivity (Wildman–Crippen MR) is 108 cm³/mol. The number of halogens is 1. The first-order valence-electron chi connectivity index (χ1n) is 10.3. The van der Waals surface area contributed by atoms with Crippen LogP contribution in [-0.2, 0) is 6.54 Å². The number of aromatic nitrogens is 2. The molecule has 2 aromatic rings. The number of hydrogen-bond donors (Lipinski definition) is 1. The van der Waals surface area contributed by atoms with Crippen LogP contribution in [0.1, 0.15) is 12.8 Å². The molecule has 28 heavy (non-hydrogen) atoms. The Balaban J connectivity index is 1.22. The topological polar surface area (TPSA) is 47.8 Å². The maximum atomic E-state index is 14.0. The zero-order valence-electron chi connectivity index (χ0n) is 16.3. The molecule has 7 heteroatoms. The summed E-state index contributed by atoms with van der Waals surface area (Å²) in [5.41, 5.74) is 0.690. The number of anilines is 1. The second-order valence-electron chi connectivity index (χ2n) is 7.82. The van der Waals surface area contributed by atoms with Gasteiger partial charge in [0.05, 0.1) is 11.8 Å². The average molecular weight is 388 g/mol. The summed E-state index contributed by atoms with van der Waals surface area (Å²) in [6, 6.07) is 9.14. The van der Waals surface area contributed by atoms with Gasteiger partial charge in [-0.25, -0.2) is 4.39 Å². The van der Waals surface area contributed by atoms with Gasteiger partial charge < -0.3 is 14.9 Å². The summed E-state index contributed by atoms with van der Waals surface area (Å²) in [7, 11) is 0. The first-order chi connectivity index (χ1) is 13.7. The number of para-hydroxylation sites is 1. The van der Waals surface area contributed by atoms with Gasteiger partial charge in [-0.15, -0.1) is 0 Å². The van der Waals surface area contributed by atoms with Gasteiger partial charge in [0.2, 0.25) is 0 Å². The molecule has 0 radical (unpaired) electrons. The molecule has 2 aliphatic rings. The maximum absolute atomic E-state index is 14.0. The van der Waals surface area contributed by atoms with E-state index in [2.05, 4.69) is 19.8 Å². The molecule has 2 aliphatic heterocycles. The molecule has 1 aromatic carbocycles. The average Bonchev–Trinajstić information content (AvgIpc) is 3.22. The van der Waals surface area contributed by atoms with Gasteiger partial charge in [0.15, 0.2) is 0 Å². The van der Waals surface area contributed by atoms with Crippen LogP contribution in [0.4, 0.5) is 10.1 Å². The van der Waals surface area contributed by atoms with Crippen LogP contribution in [-0.4, -0.2) is 82.6 Å². The van der Waals surface area contributed by atoms with E-state index in [9.17, 15) is 9.50 Å². The molecule has 152 valence electrons. The highest BCUT2D eigenvalue weighted by Gasteiger charge is 2.33. The van der Waals surface area contributed by atoms with E-state index in [1.54, 1.807) is 12.3 Å². The van der Waals surface area contributed by atoms with Crippen molar-refractivity contribution in [2.75, 3.05) is 50.7 Å². The number of aryl methyl sites for hydroxylation is 1. The van der Waals surface area contributed by atoms with Gasteiger partial charge in [-0.05, 0) is 37.6 Å². The molecule has 6 nitrogen and oxygen atoms in total. The lowest BCUT2D eigenvalue weighted by Crippen LogP contribution is -2.59. The summed E-state index contributed by atoms with van der Waals surface area (Å²) in [6.45, 7) is 7.01. The molecule has 0 unspecified atom stereocenters. The Morgan fingerprint density at radius 1 is 1.04 bits per heavy atom. The Morgan fingerprint density at radius 3 is 2.57 bits per heavy atom. The number of benzene rings is 1. The monoisotopic (exact) mass is 387 g/mol. The number of aliphatic hydroxyl groups excluding tert-OH is 1. The summed E-state index contributed by atoms with van der Waals surface area (Å²) < 4.78 is 16.0. The lowest BCUT2D eigenvalue weighted by molar-refractivity contribution is -0.0153. The first-order valence-corrected chi connectivity index (χ1v) is 10.3. The number of piperidine rings is 1. The molecule has 1 N–H and O–H groups in total. The van der Waals surface area contributed by atoms with Crippen LogP contribution in [0.15, 0.2) is 42.7 Å². The van der Waals surface area contributed by atoms with E-state index in [0.717, 1.165) is 65.2 Å². The van der Waals surface area contributed by atoms with E-state index in [1.807, 2.05) is 29.1 Å². The lowest BCUT2D eigenvalue weighted by Gasteiger charge is -2.45. The van der Waals surface area contributed by atoms with Crippen molar-refractivity contribution in [1.29, 1.82) is 0 Å². The van der Waals surface area contributed by atoms with Crippen molar-refractivity contribution in [1.82, 2.24) is 19.6 Å². The van der Waals surface area contributed by atoms with Crippen LogP contribution >= 0.6 is 0 Å². The van der Waals surface area contributed by atoms with Gasteiger partial charge in [0, 0.05) is 64.2 Å². The molecule has 2 saturated heterocycles. The fourth-order valence-corrected chi connectivity index (χ4v) is 4.51. The normalized spacial score (nSPS) is 24.6. The van der Waals surface area contributed by atoms with Crippen molar-refractivity contribution >= 4 is 5.69 Å². The Bertz CT molecular complexity index is 732. The molecule has 2 atom stereocenters. The van der Waals surface area contributed by atoms with E-state index in [0.29, 0.717) is 5.69 Å². The third kappa shape index (κ3) is 4.54. The zero-order chi connectivity index (χ0) is 19.3. The molecule has 2 fully saturated rings. The number of hydrogen-bond acceptors (Lipinski definition) is 5. The van der Waals surface area contributed by atoms with Crippen molar-refractivity contribution in [3.8, 4) is 0 Å². The number of aliphatic hydroxyl groups is 1. The molecule has 0 spiro atoms. The lowest BCUT2D eigenvalue weighted by atomic mass is 9.99. The van der Waals surface area contributed by atoms with E-state index in [-0.39, 0.29) is 18.0 Å². The van der Waals surface area contributed by atoms with Crippen LogP contribution in [0, 0.1) is 5.82 Å². The maximum Gasteiger partial charge on any atom is 0.146 e. The minimum absolute atomic E-state index is 0.153. The van der Waals surface area contributed by atoms with Gasteiger partial charge in [0.1, 0.15) is 5.82 Å². The Labute approximate surface area is 166 Å². The Morgan fingerprint density at radius 2 is 1.86 bits per heavy atom. The van der Waals surface area contributed by atoms with Crippen LogP contribution in [0.2, 0.25) is 0 Å². The molecule has 0 amide bonds. The molecule has 3 heterocycles. The number of β-amino-alcohol motifs (C(OH)–C–C–N with tert-alkyl or cyclic N) is 1. The van der Waals surface area contributed by atoms with Crippen molar-refractivity contribution < 1.29 is 9.50 Å². The summed E-state index contributed by atoms with van der Waals surface area (Å²) >= 11 is 0. The number of likely N-dealkylation sites (tertiary alicyclic amines) is 1. The number of nitrogens with zero attached hydrogens (tertiary/aromatic N) is 5. The third-order valence-corrected chi connectivity index (χ3v) is 6.03. The van der Waals surface area contributed by atoms with Gasteiger partial charge in [-0.2, -0.15) is 5.10 Å². The molecule has 0 bridgehead atoms. The molecule has 0 saturated carbocycles. The highest BCUT2D eigenvalue weighted by atomic mass is 19.1. The predicted octanol–water partition coefficient (Wildman–Crippen LogP) is 1.67. The summed E-state index contributed by atoms with van der Waals surface area (Å²) in [4.78, 5) is 6.87. The molecule has 0 aliphatic carbocycles. The highest BCUT2D eigenvalue weighted by Crippen LogP contribution is 2.23. The number of piperazine rings is 1. The Hall–Kier alpha value is -1.96. The van der Waals surface area contributed by atoms with Gasteiger partial charge in [0.25, 0.3) is 0 Å². The summed E-state index contributed by atoms with van der Waals surface area (Å²) in [6.07, 6.45) is 5.50. The molecular weight excluding hydrogens is 357 g/mol. The van der Waals surface area contributed by atoms with Gasteiger partial charge in [-0.1, -0.05) is 12.1 Å². The van der Waals surface area contributed by atoms with E-state index in [4.69, 9.17) is 0 Å². The van der Waals surface area contributed by atoms with E-state index < -0.39 is 0 Å². The first kappa shape index (κ1) is 19.4. The fraction of sp³-hybridized carbons (Fsp3) is 0.571.